The van der Waals surface area contributed by atoms with Gasteiger partial charge in [-0.3, -0.25) is 15.0 Å². The molecule has 0 aliphatic carbocycles. The summed E-state index contributed by atoms with van der Waals surface area (Å²) < 4.78 is 5.46. The van der Waals surface area contributed by atoms with E-state index in [-0.39, 0.29) is 22.4 Å². The van der Waals surface area contributed by atoms with Crippen LogP contribution in [0.2, 0.25) is 0 Å². The molecule has 2 aliphatic heterocycles. The number of hydrogen-bond acceptors (Lipinski definition) is 6. The minimum atomic E-state index is -0.344. The van der Waals surface area contributed by atoms with Crippen LogP contribution in [0.3, 0.4) is 0 Å². The van der Waals surface area contributed by atoms with E-state index in [1.807, 2.05) is 0 Å². The number of benzene rings is 1. The average molecular weight is 321 g/mol. The average Bonchev–Trinajstić information content (AvgIpc) is 2.57. The lowest BCUT2D eigenvalue weighted by atomic mass is 9.84. The van der Waals surface area contributed by atoms with Crippen molar-refractivity contribution >= 4 is 5.69 Å². The third-order valence-corrected chi connectivity index (χ3v) is 4.78. The van der Waals surface area contributed by atoms with Crippen molar-refractivity contribution in [1.82, 2.24) is 10.2 Å². The molecule has 0 bridgehead atoms. The van der Waals surface area contributed by atoms with E-state index in [0.717, 1.165) is 39.0 Å². The first-order valence-corrected chi connectivity index (χ1v) is 8.16. The number of rotatable bonds is 4. The summed E-state index contributed by atoms with van der Waals surface area (Å²) >= 11 is 0. The van der Waals surface area contributed by atoms with Gasteiger partial charge in [0, 0.05) is 51.5 Å². The van der Waals surface area contributed by atoms with Crippen molar-refractivity contribution in [1.29, 1.82) is 0 Å². The maximum Gasteiger partial charge on any atom is 0.274 e. The van der Waals surface area contributed by atoms with Gasteiger partial charge in [-0.1, -0.05) is 0 Å². The minimum Gasteiger partial charge on any atom is -0.508 e. The zero-order valence-corrected chi connectivity index (χ0v) is 13.1. The maximum atomic E-state index is 11.5. The Bertz CT molecular complexity index is 536. The minimum absolute atomic E-state index is 0.0477. The molecule has 1 atom stereocenters. The highest BCUT2D eigenvalue weighted by atomic mass is 16.6. The number of nitro groups is 1. The van der Waals surface area contributed by atoms with E-state index in [9.17, 15) is 15.2 Å². The lowest BCUT2D eigenvalue weighted by molar-refractivity contribution is -0.386. The van der Waals surface area contributed by atoms with Gasteiger partial charge >= 0.3 is 0 Å². The number of aromatic hydroxyl groups is 1. The van der Waals surface area contributed by atoms with Crippen molar-refractivity contribution in [3.63, 3.8) is 0 Å². The molecule has 1 aromatic carbocycles. The van der Waals surface area contributed by atoms with Gasteiger partial charge in [0.2, 0.25) is 0 Å². The van der Waals surface area contributed by atoms with E-state index in [1.165, 1.54) is 12.1 Å². The quantitative estimate of drug-likeness (QED) is 0.648. The molecule has 1 aromatic rings. The molecule has 0 amide bonds. The molecule has 0 unspecified atom stereocenters. The Morgan fingerprint density at radius 1 is 1.30 bits per heavy atom. The van der Waals surface area contributed by atoms with E-state index in [0.29, 0.717) is 24.7 Å². The Balaban J connectivity index is 1.99. The largest absolute Gasteiger partial charge is 0.508 e. The smallest absolute Gasteiger partial charge is 0.274 e. The van der Waals surface area contributed by atoms with E-state index in [1.54, 1.807) is 6.07 Å². The molecular formula is C16H23N3O4. The van der Waals surface area contributed by atoms with Crippen molar-refractivity contribution in [3.05, 3.63) is 33.9 Å². The zero-order valence-electron chi connectivity index (χ0n) is 13.1. The molecule has 0 spiro atoms. The highest BCUT2D eigenvalue weighted by molar-refractivity contribution is 5.47. The number of phenolic OH excluding ortho intramolecular Hbond substituents is 1. The number of hydrogen-bond donors (Lipinski definition) is 2. The number of nitro benzene ring substituents is 1. The van der Waals surface area contributed by atoms with Crippen LogP contribution in [0, 0.1) is 16.0 Å². The highest BCUT2D eigenvalue weighted by Gasteiger charge is 2.35. The fourth-order valence-corrected chi connectivity index (χ4v) is 3.69. The molecular weight excluding hydrogens is 298 g/mol. The number of nitrogens with zero attached hydrogens (tertiary/aromatic N) is 2. The first-order valence-electron chi connectivity index (χ1n) is 8.16. The molecule has 2 aliphatic rings. The number of ether oxygens (including phenoxy) is 1. The summed E-state index contributed by atoms with van der Waals surface area (Å²) in [5, 5.41) is 24.7. The second-order valence-corrected chi connectivity index (χ2v) is 6.18. The molecule has 7 heteroatoms. The van der Waals surface area contributed by atoms with Gasteiger partial charge in [0.1, 0.15) is 5.75 Å². The summed E-state index contributed by atoms with van der Waals surface area (Å²) in [5.41, 5.74) is 0.724. The maximum absolute atomic E-state index is 11.5. The second-order valence-electron chi connectivity index (χ2n) is 6.18. The molecule has 0 radical (unpaired) electrons. The predicted molar refractivity (Wildman–Crippen MR) is 85.5 cm³/mol. The van der Waals surface area contributed by atoms with Crippen LogP contribution >= 0.6 is 0 Å². The Hall–Kier alpha value is -1.70. The van der Waals surface area contributed by atoms with E-state index in [4.69, 9.17) is 4.74 Å². The number of nitrogens with one attached hydrogen (secondary N) is 1. The second kappa shape index (κ2) is 7.25. The summed E-state index contributed by atoms with van der Waals surface area (Å²) in [7, 11) is 0. The lowest BCUT2D eigenvalue weighted by Crippen LogP contribution is -2.47. The standard InChI is InChI=1S/C16H23N3O4/c20-13-1-2-15(19(21)22)14(11-13)16(12-3-9-23-10-4-12)18-7-5-17-6-8-18/h1-2,11-12,16-17,20H,3-10H2/t16-/m1/s1. The molecule has 0 saturated carbocycles. The van der Waals surface area contributed by atoms with E-state index in [2.05, 4.69) is 10.2 Å². The molecule has 2 N–H and O–H groups in total. The SMILES string of the molecule is O=[N+]([O-])c1ccc(O)cc1[C@@H](C1CCOCC1)N1CCNCC1. The van der Waals surface area contributed by atoms with E-state index >= 15 is 0 Å². The fourth-order valence-electron chi connectivity index (χ4n) is 3.69. The van der Waals surface area contributed by atoms with Crippen LogP contribution in [-0.4, -0.2) is 54.3 Å². The molecule has 23 heavy (non-hydrogen) atoms. The Morgan fingerprint density at radius 2 is 2.00 bits per heavy atom. The van der Waals surface area contributed by atoms with Gasteiger partial charge in [-0.2, -0.15) is 0 Å². The van der Waals surface area contributed by atoms with Crippen LogP contribution in [0.1, 0.15) is 24.4 Å². The Labute approximate surface area is 135 Å². The summed E-state index contributed by atoms with van der Waals surface area (Å²) in [6.07, 6.45) is 1.78. The molecule has 126 valence electrons. The van der Waals surface area contributed by atoms with Crippen molar-refractivity contribution < 1.29 is 14.8 Å². The van der Waals surface area contributed by atoms with Crippen molar-refractivity contribution in [3.8, 4) is 5.75 Å². The summed E-state index contributed by atoms with van der Waals surface area (Å²) in [6, 6.07) is 4.33. The summed E-state index contributed by atoms with van der Waals surface area (Å²) in [4.78, 5) is 13.4. The fraction of sp³-hybridized carbons (Fsp3) is 0.625. The summed E-state index contributed by atoms with van der Waals surface area (Å²) in [5.74, 6) is 0.389. The molecule has 3 rings (SSSR count). The van der Waals surface area contributed by atoms with Crippen LogP contribution in [0.25, 0.3) is 0 Å². The van der Waals surface area contributed by atoms with Gasteiger partial charge in [0.25, 0.3) is 5.69 Å². The predicted octanol–water partition coefficient (Wildman–Crippen LogP) is 1.67. The van der Waals surface area contributed by atoms with Crippen LogP contribution < -0.4 is 5.32 Å². The molecule has 2 heterocycles. The molecule has 7 nitrogen and oxygen atoms in total. The van der Waals surface area contributed by atoms with Gasteiger partial charge in [0.15, 0.2) is 0 Å². The van der Waals surface area contributed by atoms with Crippen molar-refractivity contribution in [2.24, 2.45) is 5.92 Å². The number of piperazine rings is 1. The van der Waals surface area contributed by atoms with Gasteiger partial charge in [0.05, 0.1) is 10.5 Å². The molecule has 0 aromatic heterocycles. The Kier molecular flexibility index (Phi) is 5.09. The lowest BCUT2D eigenvalue weighted by Gasteiger charge is -2.40. The highest BCUT2D eigenvalue weighted by Crippen LogP contribution is 2.40. The third-order valence-electron chi connectivity index (χ3n) is 4.78. The van der Waals surface area contributed by atoms with E-state index < -0.39 is 0 Å². The first kappa shape index (κ1) is 16.2. The Morgan fingerprint density at radius 3 is 2.65 bits per heavy atom. The van der Waals surface area contributed by atoms with Crippen LogP contribution in [-0.2, 0) is 4.74 Å². The van der Waals surface area contributed by atoms with Gasteiger partial charge in [-0.15, -0.1) is 0 Å². The number of phenols is 1. The van der Waals surface area contributed by atoms with Gasteiger partial charge in [-0.25, -0.2) is 0 Å². The third kappa shape index (κ3) is 3.63. The zero-order chi connectivity index (χ0) is 16.2. The van der Waals surface area contributed by atoms with Crippen LogP contribution in [0.4, 0.5) is 5.69 Å². The van der Waals surface area contributed by atoms with Gasteiger partial charge < -0.3 is 15.2 Å². The van der Waals surface area contributed by atoms with Gasteiger partial charge in [-0.05, 0) is 30.9 Å². The summed E-state index contributed by atoms with van der Waals surface area (Å²) in [6.45, 7) is 4.86. The normalized spacial score (nSPS) is 21.9. The topological polar surface area (TPSA) is 87.9 Å². The van der Waals surface area contributed by atoms with Crippen molar-refractivity contribution in [2.75, 3.05) is 39.4 Å². The molecule has 2 saturated heterocycles. The monoisotopic (exact) mass is 321 g/mol. The molecule has 2 fully saturated rings. The van der Waals surface area contributed by atoms with Crippen molar-refractivity contribution in [2.45, 2.75) is 18.9 Å². The first-order chi connectivity index (χ1) is 11.2. The van der Waals surface area contributed by atoms with Crippen LogP contribution in [0.5, 0.6) is 5.75 Å². The van der Waals surface area contributed by atoms with Crippen LogP contribution in [0.15, 0.2) is 18.2 Å².